The van der Waals surface area contributed by atoms with E-state index in [0.717, 1.165) is 36.7 Å². The number of likely N-dealkylation sites (tertiary alicyclic amines) is 2. The van der Waals surface area contributed by atoms with Gasteiger partial charge in [-0.05, 0) is 43.5 Å². The Balaban J connectivity index is 1.44. The highest BCUT2D eigenvalue weighted by Gasteiger charge is 2.32. The summed E-state index contributed by atoms with van der Waals surface area (Å²) in [7, 11) is 0. The highest BCUT2D eigenvalue weighted by Crippen LogP contribution is 2.24. The van der Waals surface area contributed by atoms with E-state index < -0.39 is 0 Å². The third-order valence-corrected chi connectivity index (χ3v) is 5.18. The van der Waals surface area contributed by atoms with Gasteiger partial charge in [-0.15, -0.1) is 0 Å². The van der Waals surface area contributed by atoms with Gasteiger partial charge in [0.15, 0.2) is 0 Å². The number of aromatic amines is 1. The number of H-pyrrole nitrogens is 1. The van der Waals surface area contributed by atoms with E-state index in [-0.39, 0.29) is 11.8 Å². The highest BCUT2D eigenvalue weighted by atomic mass is 16.2. The van der Waals surface area contributed by atoms with Crippen LogP contribution in [0.2, 0.25) is 0 Å². The van der Waals surface area contributed by atoms with Crippen molar-refractivity contribution in [1.29, 1.82) is 0 Å². The van der Waals surface area contributed by atoms with E-state index in [4.69, 9.17) is 5.73 Å². The fraction of sp³-hybridized carbons (Fsp3) is 0.444. The SMILES string of the molecule is Nc1ccc2[nH]c(C(=O)N3CCC(N4CCCC4=O)CC3)cc2c1. The van der Waals surface area contributed by atoms with Crippen LogP contribution < -0.4 is 5.73 Å². The third kappa shape index (κ3) is 2.62. The molecule has 2 aliphatic heterocycles. The molecule has 6 nitrogen and oxygen atoms in total. The normalized spacial score (nSPS) is 19.4. The Labute approximate surface area is 140 Å². The molecule has 2 aromatic rings. The number of aromatic nitrogens is 1. The number of benzene rings is 1. The number of fused-ring (bicyclic) bond motifs is 1. The monoisotopic (exact) mass is 326 g/mol. The Morgan fingerprint density at radius 2 is 1.96 bits per heavy atom. The van der Waals surface area contributed by atoms with Crippen LogP contribution in [0.3, 0.4) is 0 Å². The quantitative estimate of drug-likeness (QED) is 0.828. The average Bonchev–Trinajstić information content (AvgIpc) is 3.20. The molecule has 0 saturated carbocycles. The number of amides is 2. The van der Waals surface area contributed by atoms with E-state index in [1.165, 1.54) is 0 Å². The number of piperidine rings is 1. The van der Waals surface area contributed by atoms with Crippen molar-refractivity contribution in [1.82, 2.24) is 14.8 Å². The molecule has 0 radical (unpaired) electrons. The maximum absolute atomic E-state index is 12.7. The summed E-state index contributed by atoms with van der Waals surface area (Å²) in [5.41, 5.74) is 8.01. The molecule has 24 heavy (non-hydrogen) atoms. The largest absolute Gasteiger partial charge is 0.399 e. The van der Waals surface area contributed by atoms with Crippen LogP contribution in [0.5, 0.6) is 0 Å². The van der Waals surface area contributed by atoms with Crippen molar-refractivity contribution in [2.24, 2.45) is 0 Å². The number of anilines is 1. The van der Waals surface area contributed by atoms with Crippen LogP contribution >= 0.6 is 0 Å². The second-order valence-corrected chi connectivity index (χ2v) is 6.74. The lowest BCUT2D eigenvalue weighted by Crippen LogP contribution is -2.47. The van der Waals surface area contributed by atoms with Gasteiger partial charge in [-0.25, -0.2) is 0 Å². The number of nitrogens with two attached hydrogens (primary N) is 1. The lowest BCUT2D eigenvalue weighted by Gasteiger charge is -2.36. The van der Waals surface area contributed by atoms with Crippen LogP contribution in [0, 0.1) is 0 Å². The van der Waals surface area contributed by atoms with Crippen LogP contribution in [0.4, 0.5) is 5.69 Å². The molecule has 2 fully saturated rings. The van der Waals surface area contributed by atoms with E-state index in [0.29, 0.717) is 36.9 Å². The molecule has 0 aliphatic carbocycles. The summed E-state index contributed by atoms with van der Waals surface area (Å²) in [4.78, 5) is 31.7. The summed E-state index contributed by atoms with van der Waals surface area (Å²) in [6, 6.07) is 7.75. The Hall–Kier alpha value is -2.50. The predicted octanol–water partition coefficient (Wildman–Crippen LogP) is 1.98. The number of carbonyl (C=O) groups excluding carboxylic acids is 2. The summed E-state index contributed by atoms with van der Waals surface area (Å²) in [5.74, 6) is 0.295. The molecular formula is C18H22N4O2. The summed E-state index contributed by atoms with van der Waals surface area (Å²) < 4.78 is 0. The van der Waals surface area contributed by atoms with E-state index in [2.05, 4.69) is 4.98 Å². The van der Waals surface area contributed by atoms with Crippen molar-refractivity contribution in [2.75, 3.05) is 25.4 Å². The summed E-state index contributed by atoms with van der Waals surface area (Å²) in [6.07, 6.45) is 3.38. The van der Waals surface area contributed by atoms with Crippen molar-refractivity contribution in [3.63, 3.8) is 0 Å². The fourth-order valence-corrected chi connectivity index (χ4v) is 3.87. The molecule has 2 amide bonds. The molecule has 0 unspecified atom stereocenters. The number of hydrogen-bond acceptors (Lipinski definition) is 3. The third-order valence-electron chi connectivity index (χ3n) is 5.18. The first-order valence-electron chi connectivity index (χ1n) is 8.59. The molecule has 0 bridgehead atoms. The lowest BCUT2D eigenvalue weighted by atomic mass is 10.0. The molecule has 126 valence electrons. The van der Waals surface area contributed by atoms with E-state index in [1.807, 2.05) is 34.1 Å². The molecule has 4 rings (SSSR count). The fourth-order valence-electron chi connectivity index (χ4n) is 3.87. The minimum atomic E-state index is 0.0240. The van der Waals surface area contributed by atoms with Gasteiger partial charge >= 0.3 is 0 Å². The molecular weight excluding hydrogens is 304 g/mol. The summed E-state index contributed by atoms with van der Waals surface area (Å²) in [6.45, 7) is 2.27. The van der Waals surface area contributed by atoms with Gasteiger partial charge in [-0.3, -0.25) is 9.59 Å². The number of nitrogens with one attached hydrogen (secondary N) is 1. The van der Waals surface area contributed by atoms with Crippen LogP contribution in [-0.2, 0) is 4.79 Å². The van der Waals surface area contributed by atoms with Gasteiger partial charge in [0.25, 0.3) is 5.91 Å². The molecule has 3 heterocycles. The highest BCUT2D eigenvalue weighted by molar-refractivity contribution is 5.98. The van der Waals surface area contributed by atoms with Crippen molar-refractivity contribution in [2.45, 2.75) is 31.7 Å². The van der Waals surface area contributed by atoms with Crippen LogP contribution in [0.1, 0.15) is 36.2 Å². The van der Waals surface area contributed by atoms with Gasteiger partial charge in [0.2, 0.25) is 5.91 Å². The average molecular weight is 326 g/mol. The zero-order chi connectivity index (χ0) is 16.7. The lowest BCUT2D eigenvalue weighted by molar-refractivity contribution is -0.130. The minimum absolute atomic E-state index is 0.0240. The predicted molar refractivity (Wildman–Crippen MR) is 92.6 cm³/mol. The van der Waals surface area contributed by atoms with Crippen LogP contribution in [-0.4, -0.2) is 52.3 Å². The number of rotatable bonds is 2. The molecule has 0 atom stereocenters. The molecule has 2 aliphatic rings. The van der Waals surface area contributed by atoms with Crippen LogP contribution in [0.25, 0.3) is 10.9 Å². The van der Waals surface area contributed by atoms with Gasteiger partial charge in [-0.1, -0.05) is 0 Å². The van der Waals surface area contributed by atoms with Gasteiger partial charge in [0, 0.05) is 48.7 Å². The Morgan fingerprint density at radius 1 is 1.17 bits per heavy atom. The van der Waals surface area contributed by atoms with Gasteiger partial charge < -0.3 is 20.5 Å². The minimum Gasteiger partial charge on any atom is -0.399 e. The van der Waals surface area contributed by atoms with Crippen molar-refractivity contribution in [3.8, 4) is 0 Å². The second kappa shape index (κ2) is 5.85. The van der Waals surface area contributed by atoms with Crippen molar-refractivity contribution >= 4 is 28.4 Å². The first-order valence-corrected chi connectivity index (χ1v) is 8.59. The van der Waals surface area contributed by atoms with Gasteiger partial charge in [0.05, 0.1) is 0 Å². The molecule has 6 heteroatoms. The Bertz CT molecular complexity index is 789. The van der Waals surface area contributed by atoms with Gasteiger partial charge in [0.1, 0.15) is 5.69 Å². The number of carbonyl (C=O) groups is 2. The first kappa shape index (κ1) is 15.1. The summed E-state index contributed by atoms with van der Waals surface area (Å²) >= 11 is 0. The van der Waals surface area contributed by atoms with E-state index in [1.54, 1.807) is 0 Å². The zero-order valence-corrected chi connectivity index (χ0v) is 13.6. The Kier molecular flexibility index (Phi) is 3.67. The Morgan fingerprint density at radius 3 is 2.67 bits per heavy atom. The van der Waals surface area contributed by atoms with E-state index in [9.17, 15) is 9.59 Å². The summed E-state index contributed by atoms with van der Waals surface area (Å²) in [5, 5.41) is 0.955. The second-order valence-electron chi connectivity index (χ2n) is 6.74. The standard InChI is InChI=1S/C18H22N4O2/c19-13-3-4-15-12(10-13)11-16(20-15)18(24)21-8-5-14(6-9-21)22-7-1-2-17(22)23/h3-4,10-11,14,20H,1-2,5-9,19H2. The number of nitrogen functional groups attached to an aromatic ring is 1. The van der Waals surface area contributed by atoms with Crippen molar-refractivity contribution in [3.05, 3.63) is 30.0 Å². The first-order chi connectivity index (χ1) is 11.6. The van der Waals surface area contributed by atoms with Crippen LogP contribution in [0.15, 0.2) is 24.3 Å². The number of nitrogens with zero attached hydrogens (tertiary/aromatic N) is 2. The smallest absolute Gasteiger partial charge is 0.270 e. The molecule has 1 aromatic heterocycles. The van der Waals surface area contributed by atoms with E-state index >= 15 is 0 Å². The molecule has 2 saturated heterocycles. The number of hydrogen-bond donors (Lipinski definition) is 2. The molecule has 1 aromatic carbocycles. The molecule has 3 N–H and O–H groups in total. The zero-order valence-electron chi connectivity index (χ0n) is 13.6. The van der Waals surface area contributed by atoms with Crippen molar-refractivity contribution < 1.29 is 9.59 Å². The maximum Gasteiger partial charge on any atom is 0.270 e. The van der Waals surface area contributed by atoms with Gasteiger partial charge in [-0.2, -0.15) is 0 Å². The maximum atomic E-state index is 12.7. The topological polar surface area (TPSA) is 82.4 Å². The molecule has 0 spiro atoms.